The largest absolute Gasteiger partial charge is 0.379 e. The highest BCUT2D eigenvalue weighted by molar-refractivity contribution is 5.78. The van der Waals surface area contributed by atoms with E-state index in [1.807, 2.05) is 37.3 Å². The molecule has 0 spiro atoms. The van der Waals surface area contributed by atoms with Crippen molar-refractivity contribution in [2.75, 3.05) is 26.3 Å². The zero-order chi connectivity index (χ0) is 22.3. The number of benzene rings is 1. The summed E-state index contributed by atoms with van der Waals surface area (Å²) in [6.45, 7) is 6.15. The molecule has 166 valence electrons. The van der Waals surface area contributed by atoms with Gasteiger partial charge in [0.15, 0.2) is 0 Å². The van der Waals surface area contributed by atoms with Crippen LogP contribution in [0.5, 0.6) is 0 Å². The molecule has 1 amide bonds. The fourth-order valence-electron chi connectivity index (χ4n) is 3.70. The summed E-state index contributed by atoms with van der Waals surface area (Å²) >= 11 is 0. The van der Waals surface area contributed by atoms with Gasteiger partial charge in [-0.25, -0.2) is 4.98 Å². The Morgan fingerprint density at radius 1 is 1.12 bits per heavy atom. The maximum atomic E-state index is 14.6. The van der Waals surface area contributed by atoms with Gasteiger partial charge in [0.1, 0.15) is 0 Å². The van der Waals surface area contributed by atoms with Crippen molar-refractivity contribution >= 4 is 5.91 Å². The van der Waals surface area contributed by atoms with E-state index in [-0.39, 0.29) is 12.3 Å². The molecule has 0 atom stereocenters. The number of halogens is 1. The van der Waals surface area contributed by atoms with Gasteiger partial charge in [-0.05, 0) is 36.2 Å². The second-order valence-electron chi connectivity index (χ2n) is 8.02. The number of hydrogen-bond acceptors (Lipinski definition) is 5. The van der Waals surface area contributed by atoms with Crippen molar-refractivity contribution in [2.24, 2.45) is 0 Å². The van der Waals surface area contributed by atoms with E-state index in [0.29, 0.717) is 43.3 Å². The van der Waals surface area contributed by atoms with E-state index < -0.39 is 5.95 Å². The molecule has 0 aliphatic carbocycles. The quantitative estimate of drug-likeness (QED) is 0.578. The Bertz CT molecular complexity index is 1070. The summed E-state index contributed by atoms with van der Waals surface area (Å²) in [5.74, 6) is -0.617. The Balaban J connectivity index is 1.34. The molecule has 2 aromatic heterocycles. The Morgan fingerprint density at radius 2 is 1.97 bits per heavy atom. The highest BCUT2D eigenvalue weighted by atomic mass is 19.1. The molecular weight excluding hydrogens is 407 g/mol. The first-order chi connectivity index (χ1) is 15.6. The Kier molecular flexibility index (Phi) is 7.19. The molecule has 1 aliphatic rings. The van der Waals surface area contributed by atoms with Crippen LogP contribution in [0.15, 0.2) is 54.7 Å². The molecule has 7 heteroatoms. The third-order valence-corrected chi connectivity index (χ3v) is 5.43. The van der Waals surface area contributed by atoms with Gasteiger partial charge in [-0.2, -0.15) is 4.39 Å². The molecular formula is C25H27FN4O2. The molecule has 0 saturated carbocycles. The van der Waals surface area contributed by atoms with Gasteiger partial charge < -0.3 is 10.1 Å². The Morgan fingerprint density at radius 3 is 2.69 bits per heavy atom. The number of morpholine rings is 1. The van der Waals surface area contributed by atoms with Crippen LogP contribution in [-0.2, 0) is 29.0 Å². The second kappa shape index (κ2) is 10.4. The number of aryl methyl sites for hydroxylation is 1. The van der Waals surface area contributed by atoms with Crippen LogP contribution in [0.25, 0.3) is 11.3 Å². The van der Waals surface area contributed by atoms with Crippen LogP contribution in [-0.4, -0.2) is 47.1 Å². The zero-order valence-corrected chi connectivity index (χ0v) is 18.2. The zero-order valence-electron chi connectivity index (χ0n) is 18.2. The average molecular weight is 435 g/mol. The Labute approximate surface area is 187 Å². The number of nitrogens with zero attached hydrogens (tertiary/aromatic N) is 3. The summed E-state index contributed by atoms with van der Waals surface area (Å²) in [5.41, 5.74) is 4.53. The lowest BCUT2D eigenvalue weighted by molar-refractivity contribution is -0.120. The van der Waals surface area contributed by atoms with Crippen molar-refractivity contribution in [3.8, 4) is 11.3 Å². The highest BCUT2D eigenvalue weighted by Crippen LogP contribution is 2.21. The van der Waals surface area contributed by atoms with Crippen LogP contribution in [0.2, 0.25) is 0 Å². The number of ether oxygens (including phenoxy) is 1. The van der Waals surface area contributed by atoms with Gasteiger partial charge in [0.2, 0.25) is 11.9 Å². The number of nitrogens with one attached hydrogen (secondary N) is 1. The van der Waals surface area contributed by atoms with E-state index in [4.69, 9.17) is 4.74 Å². The molecule has 0 bridgehead atoms. The predicted octanol–water partition coefficient (Wildman–Crippen LogP) is 3.28. The molecule has 1 aromatic carbocycles. The fourth-order valence-corrected chi connectivity index (χ4v) is 3.70. The number of carbonyl (C=O) groups excluding carboxylic acids is 1. The minimum atomic E-state index is -0.535. The van der Waals surface area contributed by atoms with Crippen LogP contribution >= 0.6 is 0 Å². The lowest BCUT2D eigenvalue weighted by Gasteiger charge is -2.26. The number of carbonyl (C=O) groups is 1. The lowest BCUT2D eigenvalue weighted by atomic mass is 10.1. The second-order valence-corrected chi connectivity index (χ2v) is 8.02. The van der Waals surface area contributed by atoms with Crippen molar-refractivity contribution in [1.29, 1.82) is 0 Å². The smallest absolute Gasteiger partial charge is 0.224 e. The molecule has 1 N–H and O–H groups in total. The van der Waals surface area contributed by atoms with Gasteiger partial charge in [0.25, 0.3) is 0 Å². The first kappa shape index (κ1) is 22.0. The maximum Gasteiger partial charge on any atom is 0.224 e. The van der Waals surface area contributed by atoms with Gasteiger partial charge in [0, 0.05) is 32.4 Å². The van der Waals surface area contributed by atoms with Crippen LogP contribution in [0.3, 0.4) is 0 Å². The standard InChI is InChI=1S/C25H27FN4O2/c1-18-3-2-4-19(13-18)16-28-24(31)14-20-5-8-23(27-15-20)22-7-6-21(29-25(22)26)17-30-9-11-32-12-10-30/h2-8,13,15H,9-12,14,16-17H2,1H3,(H,28,31). The van der Waals surface area contributed by atoms with Crippen LogP contribution in [0.4, 0.5) is 4.39 Å². The lowest BCUT2D eigenvalue weighted by Crippen LogP contribution is -2.35. The van der Waals surface area contributed by atoms with Crippen molar-refractivity contribution in [2.45, 2.75) is 26.4 Å². The van der Waals surface area contributed by atoms with E-state index in [9.17, 15) is 9.18 Å². The number of amides is 1. The topological polar surface area (TPSA) is 67.4 Å². The number of hydrogen-bond donors (Lipinski definition) is 1. The summed E-state index contributed by atoms with van der Waals surface area (Å²) in [7, 11) is 0. The fraction of sp³-hybridized carbons (Fsp3) is 0.320. The van der Waals surface area contributed by atoms with Crippen molar-refractivity contribution < 1.29 is 13.9 Å². The van der Waals surface area contributed by atoms with Gasteiger partial charge in [-0.3, -0.25) is 14.7 Å². The first-order valence-electron chi connectivity index (χ1n) is 10.8. The summed E-state index contributed by atoms with van der Waals surface area (Å²) in [6.07, 6.45) is 1.83. The van der Waals surface area contributed by atoms with E-state index in [1.54, 1.807) is 24.4 Å². The molecule has 1 fully saturated rings. The van der Waals surface area contributed by atoms with Crippen LogP contribution in [0.1, 0.15) is 22.4 Å². The van der Waals surface area contributed by atoms with Crippen molar-refractivity contribution in [1.82, 2.24) is 20.2 Å². The number of aromatic nitrogens is 2. The number of rotatable bonds is 7. The molecule has 3 heterocycles. The maximum absolute atomic E-state index is 14.6. The SMILES string of the molecule is Cc1cccc(CNC(=O)Cc2ccc(-c3ccc(CN4CCOCC4)nc3F)nc2)c1. The molecule has 1 aliphatic heterocycles. The van der Waals surface area contributed by atoms with Crippen molar-refractivity contribution in [3.63, 3.8) is 0 Å². The van der Waals surface area contributed by atoms with E-state index in [0.717, 1.165) is 29.8 Å². The third kappa shape index (κ3) is 5.96. The molecule has 4 rings (SSSR count). The normalized spacial score (nSPS) is 14.3. The molecule has 1 saturated heterocycles. The third-order valence-electron chi connectivity index (χ3n) is 5.43. The molecule has 3 aromatic rings. The van der Waals surface area contributed by atoms with E-state index in [2.05, 4.69) is 20.2 Å². The molecule has 32 heavy (non-hydrogen) atoms. The van der Waals surface area contributed by atoms with E-state index >= 15 is 0 Å². The van der Waals surface area contributed by atoms with E-state index in [1.165, 1.54) is 0 Å². The summed E-state index contributed by atoms with van der Waals surface area (Å²) in [6, 6.07) is 15.1. The van der Waals surface area contributed by atoms with Gasteiger partial charge in [-0.1, -0.05) is 35.9 Å². The minimum Gasteiger partial charge on any atom is -0.379 e. The first-order valence-corrected chi connectivity index (χ1v) is 10.8. The monoisotopic (exact) mass is 434 g/mol. The minimum absolute atomic E-state index is 0.0821. The van der Waals surface area contributed by atoms with Gasteiger partial charge >= 0.3 is 0 Å². The van der Waals surface area contributed by atoms with Gasteiger partial charge in [0.05, 0.1) is 36.6 Å². The van der Waals surface area contributed by atoms with Crippen LogP contribution < -0.4 is 5.32 Å². The van der Waals surface area contributed by atoms with Gasteiger partial charge in [-0.15, -0.1) is 0 Å². The summed E-state index contributed by atoms with van der Waals surface area (Å²) in [4.78, 5) is 22.9. The van der Waals surface area contributed by atoms with Crippen molar-refractivity contribution in [3.05, 3.63) is 83.1 Å². The average Bonchev–Trinajstić information content (AvgIpc) is 2.79. The summed E-state index contributed by atoms with van der Waals surface area (Å²) < 4.78 is 20.0. The molecule has 0 unspecified atom stereocenters. The molecule has 0 radical (unpaired) electrons. The van der Waals surface area contributed by atoms with Crippen LogP contribution in [0, 0.1) is 12.9 Å². The summed E-state index contributed by atoms with van der Waals surface area (Å²) in [5, 5.41) is 2.92. The molecule has 6 nitrogen and oxygen atoms in total. The Hall–Kier alpha value is -3.16. The highest BCUT2D eigenvalue weighted by Gasteiger charge is 2.14. The number of pyridine rings is 2. The predicted molar refractivity (Wildman–Crippen MR) is 120 cm³/mol.